The van der Waals surface area contributed by atoms with Gasteiger partial charge in [0.05, 0.1) is 0 Å². The highest BCUT2D eigenvalue weighted by atomic mass is 16.3. The molecule has 188 valence electrons. The summed E-state index contributed by atoms with van der Waals surface area (Å²) < 4.78 is 6.05. The summed E-state index contributed by atoms with van der Waals surface area (Å²) >= 11 is 0. The van der Waals surface area contributed by atoms with Gasteiger partial charge >= 0.3 is 0 Å². The lowest BCUT2D eigenvalue weighted by molar-refractivity contribution is 0.669. The molecule has 0 aliphatic carbocycles. The van der Waals surface area contributed by atoms with Gasteiger partial charge in [-0.25, -0.2) is 0 Å². The van der Waals surface area contributed by atoms with E-state index < -0.39 is 0 Å². The molecular formula is C39H26O. The summed E-state index contributed by atoms with van der Waals surface area (Å²) in [6.07, 6.45) is 0. The van der Waals surface area contributed by atoms with E-state index in [4.69, 9.17) is 4.42 Å². The second-order valence-corrected chi connectivity index (χ2v) is 10.6. The molecule has 0 saturated carbocycles. The number of furan rings is 1. The predicted octanol–water partition coefficient (Wildman–Crippen LogP) is 11.2. The van der Waals surface area contributed by atoms with Gasteiger partial charge in [-0.3, -0.25) is 0 Å². The fourth-order valence-electron chi connectivity index (χ4n) is 6.29. The molecule has 1 heterocycles. The molecule has 0 spiro atoms. The van der Waals surface area contributed by atoms with E-state index >= 15 is 0 Å². The fraction of sp³-hybridized carbons (Fsp3) is 0.0256. The Labute approximate surface area is 232 Å². The molecule has 8 rings (SSSR count). The highest BCUT2D eigenvalue weighted by molar-refractivity contribution is 6.21. The molecule has 1 nitrogen and oxygen atoms in total. The summed E-state index contributed by atoms with van der Waals surface area (Å²) in [5.74, 6) is 0. The van der Waals surface area contributed by atoms with Gasteiger partial charge in [-0.15, -0.1) is 0 Å². The smallest absolute Gasteiger partial charge is 0.135 e. The van der Waals surface area contributed by atoms with Crippen molar-refractivity contribution < 1.29 is 4.42 Å². The lowest BCUT2D eigenvalue weighted by atomic mass is 9.85. The van der Waals surface area contributed by atoms with Crippen molar-refractivity contribution in [3.63, 3.8) is 0 Å². The number of aryl methyl sites for hydroxylation is 1. The van der Waals surface area contributed by atoms with Crippen LogP contribution in [0.3, 0.4) is 0 Å². The number of fused-ring (bicyclic) bond motifs is 5. The zero-order valence-electron chi connectivity index (χ0n) is 22.2. The maximum absolute atomic E-state index is 6.05. The first-order valence-electron chi connectivity index (χ1n) is 13.8. The van der Waals surface area contributed by atoms with E-state index in [1.54, 1.807) is 0 Å². The first-order chi connectivity index (χ1) is 19.7. The van der Waals surface area contributed by atoms with Crippen molar-refractivity contribution in [3.05, 3.63) is 145 Å². The monoisotopic (exact) mass is 510 g/mol. The van der Waals surface area contributed by atoms with Gasteiger partial charge in [0.2, 0.25) is 0 Å². The standard InChI is InChI=1S/C39H26O/c1-25-9-8-10-29(23-25)39-33-14-4-2-12-31(33)38(32-13-3-5-15-34(32)39)27-19-17-26(18-20-27)28-21-22-37-35(24-28)30-11-6-7-16-36(30)40-37/h2-24H,1H3. The van der Waals surface area contributed by atoms with Crippen LogP contribution in [0.1, 0.15) is 5.56 Å². The molecule has 0 N–H and O–H groups in total. The molecule has 0 unspecified atom stereocenters. The molecule has 0 aliphatic rings. The molecule has 0 radical (unpaired) electrons. The molecule has 7 aromatic carbocycles. The Morgan fingerprint density at radius 1 is 0.350 bits per heavy atom. The van der Waals surface area contributed by atoms with E-state index in [9.17, 15) is 0 Å². The Balaban J connectivity index is 1.31. The maximum atomic E-state index is 6.05. The largest absolute Gasteiger partial charge is 0.456 e. The Morgan fingerprint density at radius 3 is 1.52 bits per heavy atom. The Morgan fingerprint density at radius 2 is 0.875 bits per heavy atom. The third-order valence-corrected chi connectivity index (χ3v) is 8.12. The zero-order valence-corrected chi connectivity index (χ0v) is 22.2. The molecule has 1 heteroatoms. The number of hydrogen-bond acceptors (Lipinski definition) is 1. The second kappa shape index (κ2) is 8.97. The van der Waals surface area contributed by atoms with Crippen LogP contribution in [-0.4, -0.2) is 0 Å². The summed E-state index contributed by atoms with van der Waals surface area (Å²) in [6, 6.07) is 50.3. The minimum atomic E-state index is 0.924. The highest BCUT2D eigenvalue weighted by Gasteiger charge is 2.16. The summed E-state index contributed by atoms with van der Waals surface area (Å²) in [5.41, 5.74) is 10.6. The Hall–Kier alpha value is -5.14. The molecular weight excluding hydrogens is 484 g/mol. The molecule has 0 amide bonds. The van der Waals surface area contributed by atoms with Crippen LogP contribution in [0.15, 0.2) is 144 Å². The second-order valence-electron chi connectivity index (χ2n) is 10.6. The normalized spacial score (nSPS) is 11.6. The van der Waals surface area contributed by atoms with Gasteiger partial charge in [0.25, 0.3) is 0 Å². The maximum Gasteiger partial charge on any atom is 0.135 e. The SMILES string of the molecule is Cc1cccc(-c2c3ccccc3c(-c3ccc(-c4ccc5oc6ccccc6c5c4)cc3)c3ccccc23)c1. The van der Waals surface area contributed by atoms with Gasteiger partial charge in [0, 0.05) is 10.8 Å². The van der Waals surface area contributed by atoms with Crippen LogP contribution in [0.25, 0.3) is 76.9 Å². The number of benzene rings is 7. The zero-order chi connectivity index (χ0) is 26.6. The van der Waals surface area contributed by atoms with Crippen LogP contribution in [-0.2, 0) is 0 Å². The van der Waals surface area contributed by atoms with Crippen LogP contribution < -0.4 is 0 Å². The highest BCUT2D eigenvalue weighted by Crippen LogP contribution is 2.44. The van der Waals surface area contributed by atoms with E-state index in [-0.39, 0.29) is 0 Å². The number of hydrogen-bond donors (Lipinski definition) is 0. The first kappa shape index (κ1) is 22.8. The van der Waals surface area contributed by atoms with E-state index in [1.807, 2.05) is 12.1 Å². The molecule has 40 heavy (non-hydrogen) atoms. The van der Waals surface area contributed by atoms with Crippen molar-refractivity contribution in [1.82, 2.24) is 0 Å². The molecule has 0 atom stereocenters. The van der Waals surface area contributed by atoms with Crippen LogP contribution in [0.5, 0.6) is 0 Å². The lowest BCUT2D eigenvalue weighted by Gasteiger charge is -2.18. The van der Waals surface area contributed by atoms with Crippen LogP contribution in [0.2, 0.25) is 0 Å². The number of para-hydroxylation sites is 1. The van der Waals surface area contributed by atoms with Gasteiger partial charge in [0.1, 0.15) is 11.2 Å². The van der Waals surface area contributed by atoms with Crippen LogP contribution >= 0.6 is 0 Å². The lowest BCUT2D eigenvalue weighted by Crippen LogP contribution is -1.91. The molecule has 1 aromatic heterocycles. The van der Waals surface area contributed by atoms with Gasteiger partial charge < -0.3 is 4.42 Å². The van der Waals surface area contributed by atoms with Gasteiger partial charge in [-0.1, -0.05) is 127 Å². The van der Waals surface area contributed by atoms with Gasteiger partial charge in [-0.05, 0) is 80.0 Å². The van der Waals surface area contributed by atoms with Crippen molar-refractivity contribution in [1.29, 1.82) is 0 Å². The average Bonchev–Trinajstić information content (AvgIpc) is 3.38. The molecule has 0 saturated heterocycles. The van der Waals surface area contributed by atoms with Crippen molar-refractivity contribution in [2.45, 2.75) is 6.92 Å². The van der Waals surface area contributed by atoms with Crippen LogP contribution in [0.4, 0.5) is 0 Å². The number of rotatable bonds is 3. The van der Waals surface area contributed by atoms with E-state index in [2.05, 4.69) is 134 Å². The Kier molecular flexibility index (Phi) is 5.11. The first-order valence-corrected chi connectivity index (χ1v) is 13.8. The summed E-state index contributed by atoms with van der Waals surface area (Å²) in [6.45, 7) is 2.16. The third kappa shape index (κ3) is 3.56. The van der Waals surface area contributed by atoms with Gasteiger partial charge in [0.15, 0.2) is 0 Å². The van der Waals surface area contributed by atoms with Crippen molar-refractivity contribution >= 4 is 43.5 Å². The fourth-order valence-corrected chi connectivity index (χ4v) is 6.29. The quantitative estimate of drug-likeness (QED) is 0.215. The van der Waals surface area contributed by atoms with E-state index in [0.717, 1.165) is 21.9 Å². The molecule has 0 aliphatic heterocycles. The average molecular weight is 511 g/mol. The topological polar surface area (TPSA) is 13.1 Å². The van der Waals surface area contributed by atoms with E-state index in [0.29, 0.717) is 0 Å². The minimum Gasteiger partial charge on any atom is -0.456 e. The minimum absolute atomic E-state index is 0.924. The summed E-state index contributed by atoms with van der Waals surface area (Å²) in [7, 11) is 0. The predicted molar refractivity (Wildman–Crippen MR) is 170 cm³/mol. The summed E-state index contributed by atoms with van der Waals surface area (Å²) in [5, 5.41) is 7.42. The van der Waals surface area contributed by atoms with Crippen molar-refractivity contribution in [3.8, 4) is 33.4 Å². The third-order valence-electron chi connectivity index (χ3n) is 8.12. The van der Waals surface area contributed by atoms with Gasteiger partial charge in [-0.2, -0.15) is 0 Å². The molecule has 8 aromatic rings. The Bertz CT molecular complexity index is 2160. The molecule has 0 fully saturated rings. The summed E-state index contributed by atoms with van der Waals surface area (Å²) in [4.78, 5) is 0. The van der Waals surface area contributed by atoms with Crippen molar-refractivity contribution in [2.75, 3.05) is 0 Å². The van der Waals surface area contributed by atoms with Crippen LogP contribution in [0, 0.1) is 6.92 Å². The van der Waals surface area contributed by atoms with Crippen molar-refractivity contribution in [2.24, 2.45) is 0 Å². The molecule has 0 bridgehead atoms. The van der Waals surface area contributed by atoms with E-state index in [1.165, 1.54) is 60.5 Å².